The minimum absolute atomic E-state index is 0.0471. The van der Waals surface area contributed by atoms with E-state index in [0.29, 0.717) is 5.69 Å². The van der Waals surface area contributed by atoms with Gasteiger partial charge in [0.15, 0.2) is 5.84 Å². The van der Waals surface area contributed by atoms with Crippen LogP contribution in [0.15, 0.2) is 39.6 Å². The number of rotatable bonds is 3. The number of azo groups is 1. The van der Waals surface area contributed by atoms with Crippen molar-refractivity contribution >= 4 is 23.4 Å². The number of benzene rings is 1. The normalized spacial score (nSPS) is 18.8. The quantitative estimate of drug-likeness (QED) is 0.660. The molecule has 1 aromatic carbocycles. The van der Waals surface area contributed by atoms with E-state index in [1.54, 1.807) is 0 Å². The van der Waals surface area contributed by atoms with E-state index in [4.69, 9.17) is 10.8 Å². The SMILES string of the molecule is NC1=NNC(=O)C1N=Nc1ccc(C(=O)O)cc1. The lowest BCUT2D eigenvalue weighted by Gasteiger charge is -1.99. The van der Waals surface area contributed by atoms with Gasteiger partial charge in [0, 0.05) is 0 Å². The summed E-state index contributed by atoms with van der Waals surface area (Å²) < 4.78 is 0. The minimum atomic E-state index is -1.02. The van der Waals surface area contributed by atoms with Gasteiger partial charge in [-0.1, -0.05) is 0 Å². The first-order valence-electron chi connectivity index (χ1n) is 4.95. The molecule has 0 saturated carbocycles. The Labute approximate surface area is 101 Å². The maximum Gasteiger partial charge on any atom is 0.335 e. The summed E-state index contributed by atoms with van der Waals surface area (Å²) in [5, 5.41) is 19.8. The number of carboxylic acids is 1. The fourth-order valence-corrected chi connectivity index (χ4v) is 1.28. The van der Waals surface area contributed by atoms with E-state index in [0.717, 1.165) is 0 Å². The molecule has 0 saturated heterocycles. The van der Waals surface area contributed by atoms with Crippen LogP contribution in [0.1, 0.15) is 10.4 Å². The molecule has 0 bridgehead atoms. The molecule has 1 aliphatic rings. The zero-order chi connectivity index (χ0) is 13.1. The molecule has 0 fully saturated rings. The lowest BCUT2D eigenvalue weighted by Crippen LogP contribution is -2.31. The lowest BCUT2D eigenvalue weighted by molar-refractivity contribution is -0.120. The molecule has 2 rings (SSSR count). The highest BCUT2D eigenvalue weighted by Gasteiger charge is 2.27. The maximum atomic E-state index is 11.2. The van der Waals surface area contributed by atoms with Gasteiger partial charge in [0.05, 0.1) is 11.3 Å². The summed E-state index contributed by atoms with van der Waals surface area (Å²) in [6.07, 6.45) is 0. The van der Waals surface area contributed by atoms with Crippen molar-refractivity contribution in [2.75, 3.05) is 0 Å². The first kappa shape index (κ1) is 11.7. The van der Waals surface area contributed by atoms with Crippen LogP contribution in [0.4, 0.5) is 5.69 Å². The molecule has 8 heteroatoms. The predicted octanol–water partition coefficient (Wildman–Crippen LogP) is 0.239. The van der Waals surface area contributed by atoms with E-state index in [1.807, 2.05) is 0 Å². The summed E-state index contributed by atoms with van der Waals surface area (Å²) in [5.41, 5.74) is 8.18. The molecule has 0 radical (unpaired) electrons. The predicted molar refractivity (Wildman–Crippen MR) is 61.5 cm³/mol. The van der Waals surface area contributed by atoms with Gasteiger partial charge in [-0.15, -0.1) is 0 Å². The summed E-state index contributed by atoms with van der Waals surface area (Å²) >= 11 is 0. The molecule has 1 aliphatic heterocycles. The van der Waals surface area contributed by atoms with Crippen LogP contribution in [0.5, 0.6) is 0 Å². The summed E-state index contributed by atoms with van der Waals surface area (Å²) in [6, 6.07) is 4.82. The molecule has 0 aromatic heterocycles. The number of carbonyl (C=O) groups excluding carboxylic acids is 1. The lowest BCUT2D eigenvalue weighted by atomic mass is 10.2. The van der Waals surface area contributed by atoms with E-state index in [9.17, 15) is 9.59 Å². The van der Waals surface area contributed by atoms with Crippen molar-refractivity contribution in [3.8, 4) is 0 Å². The van der Waals surface area contributed by atoms with Crippen LogP contribution in [0.3, 0.4) is 0 Å². The third kappa shape index (κ3) is 2.32. The minimum Gasteiger partial charge on any atom is -0.478 e. The van der Waals surface area contributed by atoms with E-state index < -0.39 is 17.9 Å². The fraction of sp³-hybridized carbons (Fsp3) is 0.100. The second-order valence-electron chi connectivity index (χ2n) is 3.48. The highest BCUT2D eigenvalue weighted by Crippen LogP contribution is 2.15. The Morgan fingerprint density at radius 3 is 2.56 bits per heavy atom. The van der Waals surface area contributed by atoms with Crippen LogP contribution < -0.4 is 11.2 Å². The average Bonchev–Trinajstić information content (AvgIpc) is 2.67. The number of amidine groups is 1. The van der Waals surface area contributed by atoms with Gasteiger partial charge in [0.25, 0.3) is 5.91 Å². The fourth-order valence-electron chi connectivity index (χ4n) is 1.28. The van der Waals surface area contributed by atoms with Crippen LogP contribution in [0, 0.1) is 0 Å². The van der Waals surface area contributed by atoms with E-state index in [1.165, 1.54) is 24.3 Å². The van der Waals surface area contributed by atoms with Crippen LogP contribution in [0.25, 0.3) is 0 Å². The van der Waals surface area contributed by atoms with Gasteiger partial charge in [0.2, 0.25) is 6.04 Å². The van der Waals surface area contributed by atoms with Crippen molar-refractivity contribution < 1.29 is 14.7 Å². The molecule has 0 aliphatic carbocycles. The Kier molecular flexibility index (Phi) is 3.00. The van der Waals surface area contributed by atoms with Crippen molar-refractivity contribution in [3.05, 3.63) is 29.8 Å². The van der Waals surface area contributed by atoms with E-state index >= 15 is 0 Å². The number of amides is 1. The highest BCUT2D eigenvalue weighted by molar-refractivity contribution is 6.10. The molecular formula is C10H9N5O3. The molecule has 92 valence electrons. The van der Waals surface area contributed by atoms with Crippen LogP contribution >= 0.6 is 0 Å². The molecule has 8 nitrogen and oxygen atoms in total. The molecule has 4 N–H and O–H groups in total. The Hall–Kier alpha value is -2.77. The molecule has 18 heavy (non-hydrogen) atoms. The second kappa shape index (κ2) is 4.62. The molecule has 1 heterocycles. The highest BCUT2D eigenvalue weighted by atomic mass is 16.4. The molecular weight excluding hydrogens is 238 g/mol. The Balaban J connectivity index is 2.12. The van der Waals surface area contributed by atoms with Gasteiger partial charge in [-0.2, -0.15) is 15.3 Å². The van der Waals surface area contributed by atoms with Gasteiger partial charge in [-0.05, 0) is 24.3 Å². The number of aromatic carboxylic acids is 1. The first-order valence-corrected chi connectivity index (χ1v) is 4.95. The van der Waals surface area contributed by atoms with Crippen molar-refractivity contribution in [1.82, 2.24) is 5.43 Å². The van der Waals surface area contributed by atoms with Crippen molar-refractivity contribution in [1.29, 1.82) is 0 Å². The van der Waals surface area contributed by atoms with E-state index in [2.05, 4.69) is 20.8 Å². The smallest absolute Gasteiger partial charge is 0.335 e. The number of carboxylic acid groups (broad SMARTS) is 1. The summed E-state index contributed by atoms with van der Waals surface area (Å²) in [7, 11) is 0. The average molecular weight is 247 g/mol. The number of carbonyl (C=O) groups is 2. The van der Waals surface area contributed by atoms with Crippen molar-refractivity contribution in [2.45, 2.75) is 6.04 Å². The monoisotopic (exact) mass is 247 g/mol. The number of nitrogens with two attached hydrogens (primary N) is 1. The van der Waals surface area contributed by atoms with Crippen LogP contribution in [-0.2, 0) is 4.79 Å². The molecule has 1 unspecified atom stereocenters. The zero-order valence-corrected chi connectivity index (χ0v) is 9.07. The topological polar surface area (TPSA) is 129 Å². The Morgan fingerprint density at radius 1 is 1.39 bits per heavy atom. The van der Waals surface area contributed by atoms with Gasteiger partial charge >= 0.3 is 5.97 Å². The zero-order valence-electron chi connectivity index (χ0n) is 9.07. The number of nitrogens with one attached hydrogen (secondary N) is 1. The Morgan fingerprint density at radius 2 is 2.06 bits per heavy atom. The van der Waals surface area contributed by atoms with Gasteiger partial charge in [-0.25, -0.2) is 10.2 Å². The van der Waals surface area contributed by atoms with Gasteiger partial charge in [0.1, 0.15) is 0 Å². The number of hydrazone groups is 1. The summed E-state index contributed by atoms with van der Waals surface area (Å²) in [6.45, 7) is 0. The Bertz CT molecular complexity index is 549. The van der Waals surface area contributed by atoms with Crippen LogP contribution in [0.2, 0.25) is 0 Å². The molecule has 1 atom stereocenters. The summed E-state index contributed by atoms with van der Waals surface area (Å²) in [4.78, 5) is 21.8. The number of nitrogens with zero attached hydrogens (tertiary/aromatic N) is 3. The van der Waals surface area contributed by atoms with Gasteiger partial charge in [-0.3, -0.25) is 4.79 Å². The van der Waals surface area contributed by atoms with E-state index in [-0.39, 0.29) is 11.4 Å². The first-order chi connectivity index (χ1) is 8.58. The second-order valence-corrected chi connectivity index (χ2v) is 3.48. The third-order valence-corrected chi connectivity index (χ3v) is 2.23. The van der Waals surface area contributed by atoms with Crippen molar-refractivity contribution in [2.24, 2.45) is 21.1 Å². The van der Waals surface area contributed by atoms with Crippen LogP contribution in [-0.4, -0.2) is 28.9 Å². The maximum absolute atomic E-state index is 11.2. The third-order valence-electron chi connectivity index (χ3n) is 2.23. The number of hydrogen-bond acceptors (Lipinski definition) is 6. The standard InChI is InChI=1S/C10H9N5O3/c11-8-7(9(16)15-14-8)13-12-6-3-1-5(2-4-6)10(17)18/h1-4,7H,(H2,11,14)(H,15,16)(H,17,18). The molecule has 1 amide bonds. The molecule has 0 spiro atoms. The largest absolute Gasteiger partial charge is 0.478 e. The van der Waals surface area contributed by atoms with Crippen molar-refractivity contribution in [3.63, 3.8) is 0 Å². The number of hydrogen-bond donors (Lipinski definition) is 3. The summed E-state index contributed by atoms with van der Waals surface area (Å²) in [5.74, 6) is -1.42. The van der Waals surface area contributed by atoms with Gasteiger partial charge < -0.3 is 10.8 Å². The molecule has 1 aromatic rings.